The van der Waals surface area contributed by atoms with Gasteiger partial charge in [-0.25, -0.2) is 0 Å². The molecule has 2 rings (SSSR count). The monoisotopic (exact) mass is 372 g/mol. The van der Waals surface area contributed by atoms with Crippen molar-refractivity contribution < 1.29 is 14.3 Å². The molecule has 2 aromatic rings. The molecule has 0 radical (unpaired) electrons. The van der Waals surface area contributed by atoms with Crippen molar-refractivity contribution in [1.82, 2.24) is 10.6 Å². The van der Waals surface area contributed by atoms with Crippen molar-refractivity contribution in [3.05, 3.63) is 57.9 Å². The van der Waals surface area contributed by atoms with Crippen LogP contribution in [0.15, 0.2) is 47.5 Å². The summed E-state index contributed by atoms with van der Waals surface area (Å²) in [7, 11) is 1.57. The largest absolute Gasteiger partial charge is 0.497 e. The van der Waals surface area contributed by atoms with Crippen molar-refractivity contribution in [3.63, 3.8) is 0 Å². The van der Waals surface area contributed by atoms with Crippen molar-refractivity contribution in [2.75, 3.05) is 13.7 Å². The summed E-state index contributed by atoms with van der Waals surface area (Å²) in [5.41, 5.74) is 0.700. The molecular formula is C20H24N2O3S. The highest BCUT2D eigenvalue weighted by atomic mass is 32.1. The molecule has 0 saturated heterocycles. The van der Waals surface area contributed by atoms with Crippen molar-refractivity contribution >= 4 is 29.2 Å². The number of carbonyl (C=O) groups excluding carboxylic acids is 2. The van der Waals surface area contributed by atoms with Gasteiger partial charge < -0.3 is 15.4 Å². The second-order valence-electron chi connectivity index (χ2n) is 5.72. The summed E-state index contributed by atoms with van der Waals surface area (Å²) in [5.74, 6) is 0.0556. The van der Waals surface area contributed by atoms with Crippen LogP contribution >= 0.6 is 11.3 Å². The van der Waals surface area contributed by atoms with Gasteiger partial charge in [-0.15, -0.1) is 11.3 Å². The van der Waals surface area contributed by atoms with E-state index < -0.39 is 0 Å². The van der Waals surface area contributed by atoms with Gasteiger partial charge in [0.2, 0.25) is 0 Å². The highest BCUT2D eigenvalue weighted by molar-refractivity contribution is 7.10. The topological polar surface area (TPSA) is 67.4 Å². The number of carbonyl (C=O) groups is 2. The molecule has 0 fully saturated rings. The predicted octanol–water partition coefficient (Wildman–Crippen LogP) is 3.83. The minimum atomic E-state index is -0.334. The summed E-state index contributed by atoms with van der Waals surface area (Å²) in [5, 5.41) is 7.52. The Morgan fingerprint density at radius 3 is 2.54 bits per heavy atom. The second-order valence-corrected chi connectivity index (χ2v) is 6.70. The van der Waals surface area contributed by atoms with E-state index in [4.69, 9.17) is 4.74 Å². The molecule has 0 aliphatic carbocycles. The summed E-state index contributed by atoms with van der Waals surface area (Å²) in [4.78, 5) is 25.9. The number of rotatable bonds is 9. The smallest absolute Gasteiger partial charge is 0.267 e. The highest BCUT2D eigenvalue weighted by Gasteiger charge is 2.14. The van der Waals surface area contributed by atoms with E-state index in [2.05, 4.69) is 17.6 Å². The summed E-state index contributed by atoms with van der Waals surface area (Å²) in [6, 6.07) is 10.5. The maximum atomic E-state index is 12.5. The van der Waals surface area contributed by atoms with Crippen LogP contribution in [0.3, 0.4) is 0 Å². The molecule has 0 spiro atoms. The van der Waals surface area contributed by atoms with Crippen LogP contribution in [0.5, 0.6) is 5.75 Å². The van der Waals surface area contributed by atoms with Crippen molar-refractivity contribution in [2.24, 2.45) is 0 Å². The normalized spacial score (nSPS) is 11.1. The summed E-state index contributed by atoms with van der Waals surface area (Å²) >= 11 is 1.50. The summed E-state index contributed by atoms with van der Waals surface area (Å²) in [6.07, 6.45) is 4.76. The second kappa shape index (κ2) is 10.4. The fourth-order valence-corrected chi connectivity index (χ4v) is 2.94. The number of ether oxygens (including phenoxy) is 1. The minimum Gasteiger partial charge on any atom is -0.497 e. The quantitative estimate of drug-likeness (QED) is 0.519. The fourth-order valence-electron chi connectivity index (χ4n) is 2.28. The number of unbranched alkanes of at least 4 members (excludes halogenated alkanes) is 2. The van der Waals surface area contributed by atoms with E-state index in [1.54, 1.807) is 37.5 Å². The van der Waals surface area contributed by atoms with Gasteiger partial charge in [0, 0.05) is 17.0 Å². The van der Waals surface area contributed by atoms with Gasteiger partial charge in [-0.05, 0) is 48.2 Å². The SMILES string of the molecule is CCCCCNC(=O)/C(=C/c1cccs1)NC(=O)c1ccc(OC)cc1. The van der Waals surface area contributed by atoms with E-state index in [-0.39, 0.29) is 17.5 Å². The Bertz CT molecular complexity index is 737. The van der Waals surface area contributed by atoms with E-state index in [9.17, 15) is 9.59 Å². The third kappa shape index (κ3) is 6.04. The molecule has 1 aromatic carbocycles. The average Bonchev–Trinajstić information content (AvgIpc) is 3.17. The number of nitrogens with one attached hydrogen (secondary N) is 2. The van der Waals surface area contributed by atoms with E-state index in [0.717, 1.165) is 24.1 Å². The van der Waals surface area contributed by atoms with Gasteiger partial charge in [0.15, 0.2) is 0 Å². The maximum absolute atomic E-state index is 12.5. The first-order valence-corrected chi connectivity index (χ1v) is 9.50. The molecule has 1 heterocycles. The molecule has 2 N–H and O–H groups in total. The standard InChI is InChI=1S/C20H24N2O3S/c1-3-4-5-12-21-20(24)18(14-17-7-6-13-26-17)22-19(23)15-8-10-16(25-2)11-9-15/h6-11,13-14H,3-5,12H2,1-2H3,(H,21,24)(H,22,23)/b18-14-. The van der Waals surface area contributed by atoms with Gasteiger partial charge in [-0.1, -0.05) is 25.8 Å². The Morgan fingerprint density at radius 1 is 1.15 bits per heavy atom. The average molecular weight is 372 g/mol. The van der Waals surface area contributed by atoms with Gasteiger partial charge in [-0.2, -0.15) is 0 Å². The molecular weight excluding hydrogens is 348 g/mol. The van der Waals surface area contributed by atoms with Crippen LogP contribution in [0, 0.1) is 0 Å². The van der Waals surface area contributed by atoms with Crippen LogP contribution in [0.4, 0.5) is 0 Å². The molecule has 6 heteroatoms. The van der Waals surface area contributed by atoms with E-state index in [0.29, 0.717) is 17.9 Å². The van der Waals surface area contributed by atoms with Crippen LogP contribution in [0.1, 0.15) is 41.4 Å². The lowest BCUT2D eigenvalue weighted by molar-refractivity contribution is -0.117. The van der Waals surface area contributed by atoms with Crippen LogP contribution in [-0.4, -0.2) is 25.5 Å². The van der Waals surface area contributed by atoms with Crippen LogP contribution < -0.4 is 15.4 Å². The molecule has 5 nitrogen and oxygen atoms in total. The zero-order valence-corrected chi connectivity index (χ0v) is 15.9. The first-order chi connectivity index (χ1) is 12.6. The Labute approximate surface area is 158 Å². The lowest BCUT2D eigenvalue weighted by Gasteiger charge is -2.11. The molecule has 0 bridgehead atoms. The number of hydrogen-bond donors (Lipinski definition) is 2. The maximum Gasteiger partial charge on any atom is 0.267 e. The van der Waals surface area contributed by atoms with Crippen molar-refractivity contribution in [2.45, 2.75) is 26.2 Å². The molecule has 0 atom stereocenters. The zero-order valence-electron chi connectivity index (χ0n) is 15.1. The van der Waals surface area contributed by atoms with Crippen molar-refractivity contribution in [1.29, 1.82) is 0 Å². The highest BCUT2D eigenvalue weighted by Crippen LogP contribution is 2.14. The first-order valence-electron chi connectivity index (χ1n) is 8.63. The third-order valence-corrected chi connectivity index (χ3v) is 4.56. The van der Waals surface area contributed by atoms with Gasteiger partial charge in [-0.3, -0.25) is 9.59 Å². The summed E-state index contributed by atoms with van der Waals surface area (Å²) in [6.45, 7) is 2.70. The van der Waals surface area contributed by atoms with E-state index in [1.807, 2.05) is 17.5 Å². The predicted molar refractivity (Wildman–Crippen MR) is 105 cm³/mol. The molecule has 0 aliphatic heterocycles. The number of thiophene rings is 1. The number of benzene rings is 1. The van der Waals surface area contributed by atoms with Crippen molar-refractivity contribution in [3.8, 4) is 5.75 Å². The molecule has 0 unspecified atom stereocenters. The Hall–Kier alpha value is -2.60. The van der Waals surface area contributed by atoms with Crippen LogP contribution in [-0.2, 0) is 4.79 Å². The molecule has 1 aromatic heterocycles. The Morgan fingerprint density at radius 2 is 1.92 bits per heavy atom. The lowest BCUT2D eigenvalue weighted by Crippen LogP contribution is -2.35. The molecule has 0 saturated carbocycles. The van der Waals surface area contributed by atoms with Gasteiger partial charge in [0.05, 0.1) is 7.11 Å². The fraction of sp³-hybridized carbons (Fsp3) is 0.300. The third-order valence-electron chi connectivity index (χ3n) is 3.74. The lowest BCUT2D eigenvalue weighted by atomic mass is 10.2. The molecule has 26 heavy (non-hydrogen) atoms. The van der Waals surface area contributed by atoms with Crippen LogP contribution in [0.2, 0.25) is 0 Å². The number of methoxy groups -OCH3 is 1. The Kier molecular flexibility index (Phi) is 7.89. The minimum absolute atomic E-state index is 0.241. The summed E-state index contributed by atoms with van der Waals surface area (Å²) < 4.78 is 5.10. The van der Waals surface area contributed by atoms with Gasteiger partial charge in [0.1, 0.15) is 11.4 Å². The molecule has 0 aliphatic rings. The van der Waals surface area contributed by atoms with Gasteiger partial charge >= 0.3 is 0 Å². The Balaban J connectivity index is 2.10. The van der Waals surface area contributed by atoms with Gasteiger partial charge in [0.25, 0.3) is 11.8 Å². The molecule has 2 amide bonds. The van der Waals surface area contributed by atoms with E-state index >= 15 is 0 Å². The number of amides is 2. The first kappa shape index (κ1) is 19.7. The van der Waals surface area contributed by atoms with Crippen LogP contribution in [0.25, 0.3) is 6.08 Å². The zero-order chi connectivity index (χ0) is 18.8. The van der Waals surface area contributed by atoms with E-state index in [1.165, 1.54) is 11.3 Å². The molecule has 138 valence electrons. The number of hydrogen-bond acceptors (Lipinski definition) is 4.